The molecule has 0 spiro atoms. The van der Waals surface area contributed by atoms with Gasteiger partial charge in [0.05, 0.1) is 0 Å². The lowest BCUT2D eigenvalue weighted by Gasteiger charge is -2.09. The van der Waals surface area contributed by atoms with Gasteiger partial charge in [-0.15, -0.1) is 0 Å². The number of aromatic amines is 1. The zero-order valence-corrected chi connectivity index (χ0v) is 7.43. The Morgan fingerprint density at radius 2 is 2.42 bits per heavy atom. The molecular weight excluding hydrogens is 150 g/mol. The van der Waals surface area contributed by atoms with Gasteiger partial charge in [0.15, 0.2) is 0 Å². The van der Waals surface area contributed by atoms with Crippen molar-refractivity contribution in [3.8, 4) is 0 Å². The second-order valence-electron chi connectivity index (χ2n) is 3.74. The second-order valence-corrected chi connectivity index (χ2v) is 3.74. The third-order valence-electron chi connectivity index (χ3n) is 2.75. The van der Waals surface area contributed by atoms with Crippen molar-refractivity contribution in [1.82, 2.24) is 10.2 Å². The van der Waals surface area contributed by atoms with Crippen molar-refractivity contribution in [2.24, 2.45) is 0 Å². The molecule has 1 heterocycles. The van der Waals surface area contributed by atoms with E-state index < -0.39 is 0 Å². The Kier molecular flexibility index (Phi) is 1.60. The van der Waals surface area contributed by atoms with Crippen LogP contribution >= 0.6 is 0 Å². The smallest absolute Gasteiger partial charge is 0.145 e. The van der Waals surface area contributed by atoms with Crippen LogP contribution in [0.2, 0.25) is 0 Å². The molecule has 3 N–H and O–H groups in total. The van der Waals surface area contributed by atoms with Gasteiger partial charge in [0.25, 0.3) is 0 Å². The summed E-state index contributed by atoms with van der Waals surface area (Å²) in [6, 6.07) is 1.97. The number of anilines is 1. The average Bonchev–Trinajstić information content (AvgIpc) is 2.69. The summed E-state index contributed by atoms with van der Waals surface area (Å²) in [5.74, 6) is 0.618. The molecular formula is C9H15N3. The first-order valence-electron chi connectivity index (χ1n) is 4.58. The van der Waals surface area contributed by atoms with Crippen LogP contribution in [0.1, 0.15) is 38.3 Å². The van der Waals surface area contributed by atoms with E-state index in [1.807, 2.05) is 6.07 Å². The highest BCUT2D eigenvalue weighted by Gasteiger charge is 2.44. The lowest BCUT2D eigenvalue weighted by Crippen LogP contribution is -2.05. The molecule has 66 valence electrons. The van der Waals surface area contributed by atoms with Crippen molar-refractivity contribution < 1.29 is 0 Å². The van der Waals surface area contributed by atoms with Crippen LogP contribution in [-0.4, -0.2) is 10.2 Å². The Labute approximate surface area is 72.4 Å². The van der Waals surface area contributed by atoms with E-state index in [2.05, 4.69) is 17.1 Å². The number of nitrogen functional groups attached to an aromatic ring is 1. The fourth-order valence-electron chi connectivity index (χ4n) is 1.89. The fraction of sp³-hybridized carbons (Fsp3) is 0.667. The maximum Gasteiger partial charge on any atom is 0.145 e. The number of hydrogen-bond acceptors (Lipinski definition) is 2. The van der Waals surface area contributed by atoms with Gasteiger partial charge in [-0.2, -0.15) is 5.10 Å². The quantitative estimate of drug-likeness (QED) is 0.717. The number of aromatic nitrogens is 2. The monoisotopic (exact) mass is 165 g/mol. The molecule has 1 aliphatic rings. The molecule has 12 heavy (non-hydrogen) atoms. The molecule has 1 saturated carbocycles. The highest BCUT2D eigenvalue weighted by Crippen LogP contribution is 2.51. The van der Waals surface area contributed by atoms with Gasteiger partial charge < -0.3 is 5.73 Å². The first kappa shape index (κ1) is 7.65. The van der Waals surface area contributed by atoms with Crippen molar-refractivity contribution in [2.45, 2.75) is 38.0 Å². The third kappa shape index (κ3) is 1.09. The van der Waals surface area contributed by atoms with Crippen LogP contribution in [0, 0.1) is 0 Å². The maximum absolute atomic E-state index is 5.56. The summed E-state index contributed by atoms with van der Waals surface area (Å²) >= 11 is 0. The van der Waals surface area contributed by atoms with Crippen molar-refractivity contribution in [3.63, 3.8) is 0 Å². The van der Waals surface area contributed by atoms with Crippen LogP contribution in [0.25, 0.3) is 0 Å². The SMILES string of the molecule is CCCC1(c2cc(N)n[nH]2)CC1. The predicted octanol–water partition coefficient (Wildman–Crippen LogP) is 1.82. The molecule has 0 aliphatic heterocycles. The number of H-pyrrole nitrogens is 1. The fourth-order valence-corrected chi connectivity index (χ4v) is 1.89. The summed E-state index contributed by atoms with van der Waals surface area (Å²) in [4.78, 5) is 0. The van der Waals surface area contributed by atoms with Crippen molar-refractivity contribution >= 4 is 5.82 Å². The van der Waals surface area contributed by atoms with Gasteiger partial charge in [-0.3, -0.25) is 5.10 Å². The summed E-state index contributed by atoms with van der Waals surface area (Å²) in [6.07, 6.45) is 5.08. The van der Waals surface area contributed by atoms with E-state index in [9.17, 15) is 0 Å². The zero-order chi connectivity index (χ0) is 8.60. The number of nitrogens with two attached hydrogens (primary N) is 1. The summed E-state index contributed by atoms with van der Waals surface area (Å²) in [5.41, 5.74) is 7.21. The summed E-state index contributed by atoms with van der Waals surface area (Å²) in [5, 5.41) is 6.98. The molecule has 1 fully saturated rings. The van der Waals surface area contributed by atoms with Crippen molar-refractivity contribution in [1.29, 1.82) is 0 Å². The van der Waals surface area contributed by atoms with Crippen LogP contribution in [0.5, 0.6) is 0 Å². The Morgan fingerprint density at radius 3 is 2.83 bits per heavy atom. The standard InChI is InChI=1S/C9H15N3/c1-2-3-9(4-5-9)7-6-8(10)12-11-7/h6H,2-5H2,1H3,(H3,10,11,12). The highest BCUT2D eigenvalue weighted by molar-refractivity contribution is 5.35. The van der Waals surface area contributed by atoms with E-state index >= 15 is 0 Å². The molecule has 3 nitrogen and oxygen atoms in total. The molecule has 0 radical (unpaired) electrons. The van der Waals surface area contributed by atoms with E-state index in [0.717, 1.165) is 0 Å². The largest absolute Gasteiger partial charge is 0.382 e. The molecule has 0 aromatic carbocycles. The minimum atomic E-state index is 0.416. The van der Waals surface area contributed by atoms with E-state index in [1.54, 1.807) is 0 Å². The molecule has 1 aromatic rings. The molecule has 0 saturated heterocycles. The van der Waals surface area contributed by atoms with Crippen molar-refractivity contribution in [3.05, 3.63) is 11.8 Å². The predicted molar refractivity (Wildman–Crippen MR) is 48.8 cm³/mol. The number of nitrogens with one attached hydrogen (secondary N) is 1. The molecule has 0 unspecified atom stereocenters. The van der Waals surface area contributed by atoms with E-state index in [1.165, 1.54) is 31.4 Å². The molecule has 0 amide bonds. The van der Waals surface area contributed by atoms with E-state index in [0.29, 0.717) is 11.2 Å². The summed E-state index contributed by atoms with van der Waals surface area (Å²) < 4.78 is 0. The topological polar surface area (TPSA) is 54.7 Å². The molecule has 0 bridgehead atoms. The van der Waals surface area contributed by atoms with Crippen LogP contribution < -0.4 is 5.73 Å². The third-order valence-corrected chi connectivity index (χ3v) is 2.75. The van der Waals surface area contributed by atoms with Gasteiger partial charge in [-0.25, -0.2) is 0 Å². The van der Waals surface area contributed by atoms with Gasteiger partial charge in [0, 0.05) is 17.2 Å². The lowest BCUT2D eigenvalue weighted by atomic mass is 9.97. The average molecular weight is 165 g/mol. The van der Waals surface area contributed by atoms with E-state index in [-0.39, 0.29) is 0 Å². The number of hydrogen-bond donors (Lipinski definition) is 2. The Bertz CT molecular complexity index is 273. The highest BCUT2D eigenvalue weighted by atomic mass is 15.2. The Morgan fingerprint density at radius 1 is 1.67 bits per heavy atom. The van der Waals surface area contributed by atoms with Gasteiger partial charge in [-0.1, -0.05) is 13.3 Å². The summed E-state index contributed by atoms with van der Waals surface area (Å²) in [6.45, 7) is 2.22. The summed E-state index contributed by atoms with van der Waals surface area (Å²) in [7, 11) is 0. The zero-order valence-electron chi connectivity index (χ0n) is 7.43. The Hall–Kier alpha value is -0.990. The van der Waals surface area contributed by atoms with Crippen LogP contribution in [0.3, 0.4) is 0 Å². The first-order valence-corrected chi connectivity index (χ1v) is 4.58. The second kappa shape index (κ2) is 2.51. The normalized spacial score (nSPS) is 19.4. The minimum absolute atomic E-state index is 0.416. The Balaban J connectivity index is 2.18. The molecule has 2 rings (SSSR count). The molecule has 0 atom stereocenters. The maximum atomic E-state index is 5.56. The molecule has 3 heteroatoms. The molecule has 1 aromatic heterocycles. The van der Waals surface area contributed by atoms with E-state index in [4.69, 9.17) is 5.73 Å². The lowest BCUT2D eigenvalue weighted by molar-refractivity contribution is 0.588. The van der Waals surface area contributed by atoms with Crippen LogP contribution in [0.15, 0.2) is 6.07 Å². The van der Waals surface area contributed by atoms with Gasteiger partial charge in [0.1, 0.15) is 5.82 Å². The van der Waals surface area contributed by atoms with Gasteiger partial charge in [0.2, 0.25) is 0 Å². The van der Waals surface area contributed by atoms with Gasteiger partial charge in [-0.05, 0) is 19.3 Å². The number of nitrogens with zero attached hydrogens (tertiary/aromatic N) is 1. The number of rotatable bonds is 3. The van der Waals surface area contributed by atoms with Crippen LogP contribution in [0.4, 0.5) is 5.82 Å². The first-order chi connectivity index (χ1) is 5.77. The molecule has 1 aliphatic carbocycles. The van der Waals surface area contributed by atoms with Crippen molar-refractivity contribution in [2.75, 3.05) is 5.73 Å². The minimum Gasteiger partial charge on any atom is -0.382 e. The van der Waals surface area contributed by atoms with Crippen LogP contribution in [-0.2, 0) is 5.41 Å². The van der Waals surface area contributed by atoms with Gasteiger partial charge >= 0.3 is 0 Å².